The fourth-order valence-corrected chi connectivity index (χ4v) is 1.38. The van der Waals surface area contributed by atoms with E-state index in [1.54, 1.807) is 31.4 Å². The number of hydrogen-bond acceptors (Lipinski definition) is 3. The van der Waals surface area contributed by atoms with Crippen LogP contribution in [0.5, 0.6) is 0 Å². The average molecular weight is 277 g/mol. The molecule has 0 saturated carbocycles. The van der Waals surface area contributed by atoms with Gasteiger partial charge in [0.2, 0.25) is 0 Å². The first-order chi connectivity index (χ1) is 9.34. The van der Waals surface area contributed by atoms with Crippen molar-refractivity contribution < 1.29 is 19.4 Å². The molecule has 0 aliphatic rings. The van der Waals surface area contributed by atoms with E-state index in [-0.39, 0.29) is 5.91 Å². The Hall–Kier alpha value is -2.14. The van der Waals surface area contributed by atoms with E-state index in [2.05, 4.69) is 5.32 Å². The average Bonchev–Trinajstić information content (AvgIpc) is 2.43. The number of methoxy groups -OCH3 is 1. The molecule has 0 aliphatic heterocycles. The molecule has 0 radical (unpaired) electrons. The zero-order valence-corrected chi connectivity index (χ0v) is 11.8. The van der Waals surface area contributed by atoms with E-state index in [4.69, 9.17) is 9.84 Å². The number of carbonyl (C=O) groups is 2. The lowest BCUT2D eigenvalue weighted by molar-refractivity contribution is -0.131. The number of nitrogens with one attached hydrogen (secondary N) is 1. The molecule has 0 spiro atoms. The summed E-state index contributed by atoms with van der Waals surface area (Å²) in [4.78, 5) is 22.3. The van der Waals surface area contributed by atoms with E-state index in [0.717, 1.165) is 11.6 Å². The molecule has 0 fully saturated rings. The first kappa shape index (κ1) is 15.9. The number of ether oxygens (including phenoxy) is 1. The van der Waals surface area contributed by atoms with Crippen molar-refractivity contribution in [3.63, 3.8) is 0 Å². The second-order valence-corrected chi connectivity index (χ2v) is 4.94. The highest BCUT2D eigenvalue weighted by atomic mass is 16.5. The first-order valence-electron chi connectivity index (χ1n) is 6.18. The number of aliphatic carboxylic acids is 1. The van der Waals surface area contributed by atoms with Crippen LogP contribution >= 0.6 is 0 Å². The maximum atomic E-state index is 11.9. The second-order valence-electron chi connectivity index (χ2n) is 4.94. The van der Waals surface area contributed by atoms with Crippen molar-refractivity contribution >= 4 is 18.0 Å². The number of benzene rings is 1. The highest BCUT2D eigenvalue weighted by molar-refractivity contribution is 5.94. The summed E-state index contributed by atoms with van der Waals surface area (Å²) in [5, 5.41) is 11.3. The monoisotopic (exact) mass is 277 g/mol. The molecule has 0 bridgehead atoms. The van der Waals surface area contributed by atoms with Crippen molar-refractivity contribution in [2.24, 2.45) is 0 Å². The third-order valence-electron chi connectivity index (χ3n) is 2.82. The largest absolute Gasteiger partial charge is 0.478 e. The number of carboxylic acid groups (broad SMARTS) is 1. The van der Waals surface area contributed by atoms with Gasteiger partial charge in [0.05, 0.1) is 5.60 Å². The summed E-state index contributed by atoms with van der Waals surface area (Å²) in [6.45, 7) is 4.17. The number of carboxylic acids is 1. The third kappa shape index (κ3) is 5.24. The maximum absolute atomic E-state index is 11.9. The van der Waals surface area contributed by atoms with Crippen molar-refractivity contribution in [1.29, 1.82) is 0 Å². The van der Waals surface area contributed by atoms with Gasteiger partial charge in [-0.3, -0.25) is 4.79 Å². The lowest BCUT2D eigenvalue weighted by atomic mass is 10.1. The van der Waals surface area contributed by atoms with Crippen molar-refractivity contribution in [2.75, 3.05) is 13.7 Å². The molecule has 0 atom stereocenters. The molecule has 0 aliphatic carbocycles. The van der Waals surface area contributed by atoms with Gasteiger partial charge in [-0.15, -0.1) is 0 Å². The molecule has 5 heteroatoms. The molecule has 1 rings (SSSR count). The lowest BCUT2D eigenvalue weighted by Crippen LogP contribution is -2.39. The van der Waals surface area contributed by atoms with Gasteiger partial charge in [-0.1, -0.05) is 12.1 Å². The highest BCUT2D eigenvalue weighted by Gasteiger charge is 2.17. The summed E-state index contributed by atoms with van der Waals surface area (Å²) >= 11 is 0. The number of rotatable bonds is 6. The molecular weight excluding hydrogens is 258 g/mol. The molecule has 0 heterocycles. The quantitative estimate of drug-likeness (QED) is 0.779. The Labute approximate surface area is 118 Å². The van der Waals surface area contributed by atoms with Gasteiger partial charge in [0.1, 0.15) is 0 Å². The predicted molar refractivity (Wildman–Crippen MR) is 76.5 cm³/mol. The van der Waals surface area contributed by atoms with Crippen LogP contribution in [0.4, 0.5) is 0 Å². The zero-order valence-electron chi connectivity index (χ0n) is 11.8. The van der Waals surface area contributed by atoms with E-state index in [0.29, 0.717) is 12.1 Å². The summed E-state index contributed by atoms with van der Waals surface area (Å²) in [5.41, 5.74) is 0.824. The Bertz CT molecular complexity index is 503. The molecule has 0 unspecified atom stereocenters. The van der Waals surface area contributed by atoms with Gasteiger partial charge in [0, 0.05) is 25.3 Å². The Balaban J connectivity index is 2.64. The van der Waals surface area contributed by atoms with Crippen LogP contribution < -0.4 is 5.32 Å². The van der Waals surface area contributed by atoms with E-state index >= 15 is 0 Å². The SMILES string of the molecule is COC(C)(C)CNC(=O)c1ccc(/C=C/C(=O)O)cc1. The van der Waals surface area contributed by atoms with Gasteiger partial charge in [0.25, 0.3) is 5.91 Å². The summed E-state index contributed by atoms with van der Waals surface area (Å²) in [6, 6.07) is 6.68. The maximum Gasteiger partial charge on any atom is 0.328 e. The zero-order chi connectivity index (χ0) is 15.2. The fourth-order valence-electron chi connectivity index (χ4n) is 1.38. The van der Waals surface area contributed by atoms with Gasteiger partial charge in [0.15, 0.2) is 0 Å². The summed E-state index contributed by atoms with van der Waals surface area (Å²) in [6.07, 6.45) is 2.52. The molecule has 20 heavy (non-hydrogen) atoms. The molecule has 1 aromatic carbocycles. The van der Waals surface area contributed by atoms with E-state index < -0.39 is 11.6 Å². The Morgan fingerprint density at radius 3 is 2.40 bits per heavy atom. The number of hydrogen-bond donors (Lipinski definition) is 2. The Morgan fingerprint density at radius 1 is 1.30 bits per heavy atom. The van der Waals surface area contributed by atoms with Crippen LogP contribution in [0.25, 0.3) is 6.08 Å². The van der Waals surface area contributed by atoms with Crippen molar-refractivity contribution in [1.82, 2.24) is 5.32 Å². The normalized spacial score (nSPS) is 11.6. The minimum absolute atomic E-state index is 0.191. The molecule has 108 valence electrons. The van der Waals surface area contributed by atoms with Gasteiger partial charge in [-0.05, 0) is 37.6 Å². The lowest BCUT2D eigenvalue weighted by Gasteiger charge is -2.23. The fraction of sp³-hybridized carbons (Fsp3) is 0.333. The highest BCUT2D eigenvalue weighted by Crippen LogP contribution is 2.08. The van der Waals surface area contributed by atoms with Crippen LogP contribution in [-0.4, -0.2) is 36.2 Å². The van der Waals surface area contributed by atoms with Crippen molar-refractivity contribution in [3.8, 4) is 0 Å². The number of amides is 1. The first-order valence-corrected chi connectivity index (χ1v) is 6.18. The summed E-state index contributed by atoms with van der Waals surface area (Å²) in [7, 11) is 1.59. The van der Waals surface area contributed by atoms with Crippen molar-refractivity contribution in [2.45, 2.75) is 19.4 Å². The number of carbonyl (C=O) groups excluding carboxylic acids is 1. The molecule has 2 N–H and O–H groups in total. The topological polar surface area (TPSA) is 75.6 Å². The van der Waals surface area contributed by atoms with Crippen LogP contribution in [0.3, 0.4) is 0 Å². The minimum atomic E-state index is -1.01. The van der Waals surface area contributed by atoms with Crippen LogP contribution in [0, 0.1) is 0 Å². The molecular formula is C15H19NO4. The van der Waals surface area contributed by atoms with E-state index in [1.807, 2.05) is 13.8 Å². The minimum Gasteiger partial charge on any atom is -0.478 e. The summed E-state index contributed by atoms with van der Waals surface area (Å²) in [5.74, 6) is -1.20. The molecule has 0 saturated heterocycles. The third-order valence-corrected chi connectivity index (χ3v) is 2.82. The van der Waals surface area contributed by atoms with Gasteiger partial charge in [-0.25, -0.2) is 4.79 Å². The smallest absolute Gasteiger partial charge is 0.328 e. The van der Waals surface area contributed by atoms with E-state index in [9.17, 15) is 9.59 Å². The van der Waals surface area contributed by atoms with Crippen LogP contribution in [-0.2, 0) is 9.53 Å². The molecule has 5 nitrogen and oxygen atoms in total. The van der Waals surface area contributed by atoms with Crippen LogP contribution in [0.15, 0.2) is 30.3 Å². The van der Waals surface area contributed by atoms with E-state index in [1.165, 1.54) is 6.08 Å². The van der Waals surface area contributed by atoms with Gasteiger partial charge < -0.3 is 15.2 Å². The molecule has 1 aromatic rings. The predicted octanol–water partition coefficient (Wildman–Crippen LogP) is 1.94. The molecule has 0 aromatic heterocycles. The Morgan fingerprint density at radius 2 is 1.90 bits per heavy atom. The second kappa shape index (κ2) is 6.86. The van der Waals surface area contributed by atoms with Gasteiger partial charge in [-0.2, -0.15) is 0 Å². The van der Waals surface area contributed by atoms with Crippen molar-refractivity contribution in [3.05, 3.63) is 41.5 Å². The van der Waals surface area contributed by atoms with Crippen LogP contribution in [0.1, 0.15) is 29.8 Å². The van der Waals surface area contributed by atoms with Gasteiger partial charge >= 0.3 is 5.97 Å². The summed E-state index contributed by atoms with van der Waals surface area (Å²) < 4.78 is 5.22. The molecule has 1 amide bonds. The van der Waals surface area contributed by atoms with Crippen LogP contribution in [0.2, 0.25) is 0 Å². The Kier molecular flexibility index (Phi) is 5.46. The standard InChI is InChI=1S/C15H19NO4/c1-15(2,20-3)10-16-14(19)12-7-4-11(5-8-12)6-9-13(17)18/h4-9H,10H2,1-3H3,(H,16,19)(H,17,18)/b9-6+.